The Balaban J connectivity index is 1.67. The van der Waals surface area contributed by atoms with E-state index in [0.717, 1.165) is 53.1 Å². The van der Waals surface area contributed by atoms with Crippen molar-refractivity contribution in [1.29, 1.82) is 0 Å². The van der Waals surface area contributed by atoms with Crippen molar-refractivity contribution in [1.82, 2.24) is 15.0 Å². The van der Waals surface area contributed by atoms with Crippen LogP contribution in [0.3, 0.4) is 0 Å². The molecule has 0 aromatic carbocycles. The molecule has 1 saturated heterocycles. The summed E-state index contributed by atoms with van der Waals surface area (Å²) in [5, 5.41) is 14.7. The number of hydrogen-bond acceptors (Lipinski definition) is 6. The fourth-order valence-corrected chi connectivity index (χ4v) is 3.89. The molecule has 0 unspecified atom stereocenters. The number of aliphatic carboxylic acids is 1. The summed E-state index contributed by atoms with van der Waals surface area (Å²) in [6.07, 6.45) is 8.94. The number of rotatable bonds is 7. The number of carbonyl (C=O) groups is 1. The van der Waals surface area contributed by atoms with Crippen molar-refractivity contribution in [2.45, 2.75) is 32.6 Å². The zero-order chi connectivity index (χ0) is 20.9. The van der Waals surface area contributed by atoms with Gasteiger partial charge >= 0.3 is 5.97 Å². The second-order valence-corrected chi connectivity index (χ2v) is 7.74. The highest BCUT2D eigenvalue weighted by Gasteiger charge is 2.26. The Hall–Kier alpha value is -3.22. The highest BCUT2D eigenvalue weighted by atomic mass is 16.4. The quantitative estimate of drug-likeness (QED) is 0.569. The lowest BCUT2D eigenvalue weighted by Crippen LogP contribution is -2.36. The molecule has 1 aliphatic heterocycles. The third-order valence-corrected chi connectivity index (χ3v) is 5.65. The SMILES string of the molecule is CCCCNc1cc(-c2cc3cnccc3c(N3CCC(C(=O)O)CC3)n2)ccn1. The molecule has 1 fully saturated rings. The van der Waals surface area contributed by atoms with Gasteiger partial charge in [0.2, 0.25) is 0 Å². The van der Waals surface area contributed by atoms with Crippen molar-refractivity contribution in [2.75, 3.05) is 29.9 Å². The van der Waals surface area contributed by atoms with E-state index in [2.05, 4.69) is 33.2 Å². The van der Waals surface area contributed by atoms with Gasteiger partial charge in [0.1, 0.15) is 11.6 Å². The molecule has 3 aromatic rings. The summed E-state index contributed by atoms with van der Waals surface area (Å²) in [7, 11) is 0. The minimum absolute atomic E-state index is 0.269. The second-order valence-electron chi connectivity index (χ2n) is 7.74. The first-order valence-electron chi connectivity index (χ1n) is 10.6. The lowest BCUT2D eigenvalue weighted by molar-refractivity contribution is -0.142. The third kappa shape index (κ3) is 4.35. The number of aromatic nitrogens is 3. The summed E-state index contributed by atoms with van der Waals surface area (Å²) < 4.78 is 0. The van der Waals surface area contributed by atoms with Gasteiger partial charge in [0.15, 0.2) is 0 Å². The van der Waals surface area contributed by atoms with Gasteiger partial charge in [-0.25, -0.2) is 9.97 Å². The number of pyridine rings is 3. The number of unbranched alkanes of at least 4 members (excludes halogenated alkanes) is 1. The molecule has 0 spiro atoms. The molecule has 4 heterocycles. The van der Waals surface area contributed by atoms with Gasteiger partial charge in [-0.1, -0.05) is 13.3 Å². The van der Waals surface area contributed by atoms with E-state index >= 15 is 0 Å². The van der Waals surface area contributed by atoms with Gasteiger partial charge in [-0.2, -0.15) is 0 Å². The van der Waals surface area contributed by atoms with Crippen LogP contribution in [-0.4, -0.2) is 45.7 Å². The largest absolute Gasteiger partial charge is 0.481 e. The molecule has 3 aromatic heterocycles. The summed E-state index contributed by atoms with van der Waals surface area (Å²) in [6, 6.07) is 8.03. The van der Waals surface area contributed by atoms with Gasteiger partial charge in [0, 0.05) is 54.6 Å². The topological polar surface area (TPSA) is 91.2 Å². The molecule has 2 N–H and O–H groups in total. The normalized spacial score (nSPS) is 14.8. The molecule has 0 aliphatic carbocycles. The van der Waals surface area contributed by atoms with Crippen molar-refractivity contribution in [2.24, 2.45) is 5.92 Å². The van der Waals surface area contributed by atoms with Crippen molar-refractivity contribution in [3.8, 4) is 11.3 Å². The summed E-state index contributed by atoms with van der Waals surface area (Å²) in [5.41, 5.74) is 1.86. The highest BCUT2D eigenvalue weighted by molar-refractivity contribution is 5.94. The van der Waals surface area contributed by atoms with Crippen LogP contribution in [0, 0.1) is 5.92 Å². The number of nitrogens with one attached hydrogen (secondary N) is 1. The number of carboxylic acids is 1. The number of anilines is 2. The predicted octanol–water partition coefficient (Wildman–Crippen LogP) is 4.20. The fraction of sp³-hybridized carbons (Fsp3) is 0.391. The smallest absolute Gasteiger partial charge is 0.306 e. The van der Waals surface area contributed by atoms with E-state index in [4.69, 9.17) is 4.98 Å². The molecule has 0 radical (unpaired) electrons. The van der Waals surface area contributed by atoms with Gasteiger partial charge in [-0.15, -0.1) is 0 Å². The number of piperidine rings is 1. The molecule has 7 nitrogen and oxygen atoms in total. The van der Waals surface area contributed by atoms with Crippen molar-refractivity contribution in [3.05, 3.63) is 42.9 Å². The predicted molar refractivity (Wildman–Crippen MR) is 119 cm³/mol. The Kier molecular flexibility index (Phi) is 6.07. The summed E-state index contributed by atoms with van der Waals surface area (Å²) >= 11 is 0. The van der Waals surface area contributed by atoms with Gasteiger partial charge < -0.3 is 15.3 Å². The fourth-order valence-electron chi connectivity index (χ4n) is 3.89. The minimum Gasteiger partial charge on any atom is -0.481 e. The van der Waals surface area contributed by atoms with Crippen LogP contribution < -0.4 is 10.2 Å². The average molecular weight is 406 g/mol. The first-order valence-corrected chi connectivity index (χ1v) is 10.6. The molecule has 0 amide bonds. The molecular weight excluding hydrogens is 378 g/mol. The van der Waals surface area contributed by atoms with E-state index in [1.807, 2.05) is 24.4 Å². The number of hydrogen-bond donors (Lipinski definition) is 2. The molecule has 156 valence electrons. The molecule has 7 heteroatoms. The number of carboxylic acid groups (broad SMARTS) is 1. The van der Waals surface area contributed by atoms with E-state index in [-0.39, 0.29) is 5.92 Å². The Morgan fingerprint density at radius 2 is 2.07 bits per heavy atom. The summed E-state index contributed by atoms with van der Waals surface area (Å²) in [6.45, 7) is 4.43. The Morgan fingerprint density at radius 1 is 1.23 bits per heavy atom. The van der Waals surface area contributed by atoms with E-state index in [9.17, 15) is 9.90 Å². The van der Waals surface area contributed by atoms with Crippen LogP contribution in [-0.2, 0) is 4.79 Å². The van der Waals surface area contributed by atoms with Crippen LogP contribution in [0.1, 0.15) is 32.6 Å². The first kappa shape index (κ1) is 20.1. The maximum absolute atomic E-state index is 11.3. The van der Waals surface area contributed by atoms with Crippen LogP contribution in [0.4, 0.5) is 11.6 Å². The van der Waals surface area contributed by atoms with Crippen LogP contribution in [0.15, 0.2) is 42.9 Å². The van der Waals surface area contributed by atoms with Gasteiger partial charge in [-0.3, -0.25) is 9.78 Å². The molecule has 0 saturated carbocycles. The van der Waals surface area contributed by atoms with E-state index in [1.54, 1.807) is 12.4 Å². The summed E-state index contributed by atoms with van der Waals surface area (Å²) in [4.78, 5) is 27.2. The number of nitrogens with zero attached hydrogens (tertiary/aromatic N) is 4. The van der Waals surface area contributed by atoms with E-state index in [0.29, 0.717) is 25.9 Å². The van der Waals surface area contributed by atoms with Crippen molar-refractivity contribution >= 4 is 28.4 Å². The van der Waals surface area contributed by atoms with Gasteiger partial charge in [0.05, 0.1) is 11.6 Å². The molecule has 4 rings (SSSR count). The molecule has 1 aliphatic rings. The summed E-state index contributed by atoms with van der Waals surface area (Å²) in [5.74, 6) is 0.767. The lowest BCUT2D eigenvalue weighted by atomic mass is 9.97. The maximum atomic E-state index is 11.3. The minimum atomic E-state index is -0.703. The van der Waals surface area contributed by atoms with Crippen LogP contribution in [0.25, 0.3) is 22.0 Å². The molecule has 0 bridgehead atoms. The van der Waals surface area contributed by atoms with Crippen LogP contribution in [0.2, 0.25) is 0 Å². The van der Waals surface area contributed by atoms with Crippen LogP contribution in [0.5, 0.6) is 0 Å². The van der Waals surface area contributed by atoms with Gasteiger partial charge in [-0.05, 0) is 43.5 Å². The molecule has 0 atom stereocenters. The Morgan fingerprint density at radius 3 is 2.83 bits per heavy atom. The highest BCUT2D eigenvalue weighted by Crippen LogP contribution is 2.32. The average Bonchev–Trinajstić information content (AvgIpc) is 2.79. The van der Waals surface area contributed by atoms with Crippen molar-refractivity contribution in [3.63, 3.8) is 0 Å². The maximum Gasteiger partial charge on any atom is 0.306 e. The first-order chi connectivity index (χ1) is 14.7. The second kappa shape index (κ2) is 9.07. The number of fused-ring (bicyclic) bond motifs is 1. The van der Waals surface area contributed by atoms with E-state index < -0.39 is 5.97 Å². The Labute approximate surface area is 176 Å². The van der Waals surface area contributed by atoms with Gasteiger partial charge in [0.25, 0.3) is 0 Å². The van der Waals surface area contributed by atoms with E-state index in [1.165, 1.54) is 0 Å². The van der Waals surface area contributed by atoms with Crippen molar-refractivity contribution < 1.29 is 9.90 Å². The zero-order valence-electron chi connectivity index (χ0n) is 17.2. The standard InChI is InChI=1S/C23H27N5O2/c1-2-3-8-25-21-14-17(4-10-26-21)20-13-18-15-24-9-5-19(18)22(27-20)28-11-6-16(7-12-28)23(29)30/h4-5,9-10,13-16H,2-3,6-8,11-12H2,1H3,(H,25,26)(H,29,30). The monoisotopic (exact) mass is 405 g/mol. The lowest BCUT2D eigenvalue weighted by Gasteiger charge is -2.32. The van der Waals surface area contributed by atoms with Crippen LogP contribution >= 0.6 is 0 Å². The molecule has 30 heavy (non-hydrogen) atoms. The molecular formula is C23H27N5O2. The Bertz CT molecular complexity index is 1030. The zero-order valence-corrected chi connectivity index (χ0v) is 17.2. The third-order valence-electron chi connectivity index (χ3n) is 5.65.